The summed E-state index contributed by atoms with van der Waals surface area (Å²) < 4.78 is 0.727. The van der Waals surface area contributed by atoms with Gasteiger partial charge in [0.25, 0.3) is 5.69 Å². The molecule has 20 heavy (non-hydrogen) atoms. The van der Waals surface area contributed by atoms with Gasteiger partial charge in [0.1, 0.15) is 0 Å². The summed E-state index contributed by atoms with van der Waals surface area (Å²) in [5.74, 6) is 0.503. The fraction of sp³-hybridized carbons (Fsp3) is 0.571. The van der Waals surface area contributed by atoms with Crippen LogP contribution in [0.25, 0.3) is 0 Å². The molecule has 1 heterocycles. The van der Waals surface area contributed by atoms with E-state index in [1.54, 1.807) is 6.07 Å². The first-order chi connectivity index (χ1) is 9.60. The van der Waals surface area contributed by atoms with Crippen molar-refractivity contribution in [3.63, 3.8) is 0 Å². The van der Waals surface area contributed by atoms with Gasteiger partial charge >= 0.3 is 0 Å². The van der Waals surface area contributed by atoms with Gasteiger partial charge in [-0.05, 0) is 43.9 Å². The third-order valence-corrected chi connectivity index (χ3v) is 4.27. The predicted molar refractivity (Wildman–Crippen MR) is 80.5 cm³/mol. The lowest BCUT2D eigenvalue weighted by atomic mass is 9.95. The second-order valence-corrected chi connectivity index (χ2v) is 6.20. The number of nitro groups is 1. The Kier molecular flexibility index (Phi) is 5.51. The molecule has 1 atom stereocenters. The molecule has 1 saturated heterocycles. The second-order valence-electron chi connectivity index (χ2n) is 5.29. The number of likely N-dealkylation sites (tertiary alicyclic amines) is 1. The van der Waals surface area contributed by atoms with Crippen LogP contribution in [0.4, 0.5) is 5.69 Å². The van der Waals surface area contributed by atoms with E-state index in [0.29, 0.717) is 12.5 Å². The quantitative estimate of drug-likeness (QED) is 0.659. The fourth-order valence-electron chi connectivity index (χ4n) is 2.79. The van der Waals surface area contributed by atoms with Crippen molar-refractivity contribution in [2.24, 2.45) is 5.92 Å². The molecule has 1 aromatic rings. The summed E-state index contributed by atoms with van der Waals surface area (Å²) in [4.78, 5) is 13.0. The SMILES string of the molecule is O=[N+]([O-])c1cc(Br)ccc1CN1CCCC(CCO)C1. The van der Waals surface area contributed by atoms with E-state index in [-0.39, 0.29) is 17.2 Å². The lowest BCUT2D eigenvalue weighted by Crippen LogP contribution is -2.35. The van der Waals surface area contributed by atoms with Gasteiger partial charge in [-0.2, -0.15) is 0 Å². The van der Waals surface area contributed by atoms with Crippen molar-refractivity contribution in [1.29, 1.82) is 0 Å². The summed E-state index contributed by atoms with van der Waals surface area (Å²) in [6, 6.07) is 5.22. The maximum absolute atomic E-state index is 11.1. The smallest absolute Gasteiger partial charge is 0.275 e. The molecule has 6 heteroatoms. The zero-order chi connectivity index (χ0) is 14.5. The first-order valence-corrected chi connectivity index (χ1v) is 7.65. The third-order valence-electron chi connectivity index (χ3n) is 3.78. The molecule has 0 spiro atoms. The lowest BCUT2D eigenvalue weighted by molar-refractivity contribution is -0.385. The Bertz CT molecular complexity index is 479. The molecule has 1 aliphatic heterocycles. The maximum Gasteiger partial charge on any atom is 0.275 e. The Balaban J connectivity index is 2.07. The van der Waals surface area contributed by atoms with E-state index >= 15 is 0 Å². The molecule has 110 valence electrons. The van der Waals surface area contributed by atoms with E-state index in [0.717, 1.165) is 42.4 Å². The Hall–Kier alpha value is -0.980. The summed E-state index contributed by atoms with van der Waals surface area (Å²) in [6.07, 6.45) is 3.05. The number of rotatable bonds is 5. The molecule has 1 N–H and O–H groups in total. The molecule has 1 unspecified atom stereocenters. The van der Waals surface area contributed by atoms with Crippen molar-refractivity contribution in [3.8, 4) is 0 Å². The molecule has 1 fully saturated rings. The summed E-state index contributed by atoms with van der Waals surface area (Å²) in [5, 5.41) is 20.1. The normalized spacial score (nSPS) is 20.0. The number of benzene rings is 1. The Morgan fingerprint density at radius 3 is 3.00 bits per heavy atom. The molecule has 0 aliphatic carbocycles. The minimum Gasteiger partial charge on any atom is -0.396 e. The summed E-state index contributed by atoms with van der Waals surface area (Å²) in [5.41, 5.74) is 0.923. The second kappa shape index (κ2) is 7.15. The van der Waals surface area contributed by atoms with Gasteiger partial charge in [0, 0.05) is 35.8 Å². The highest BCUT2D eigenvalue weighted by atomic mass is 79.9. The van der Waals surface area contributed by atoms with E-state index in [9.17, 15) is 10.1 Å². The van der Waals surface area contributed by atoms with E-state index in [2.05, 4.69) is 20.8 Å². The van der Waals surface area contributed by atoms with Crippen molar-refractivity contribution in [2.45, 2.75) is 25.8 Å². The molecule has 1 aliphatic rings. The van der Waals surface area contributed by atoms with Gasteiger partial charge in [0.2, 0.25) is 0 Å². The molecule has 2 rings (SSSR count). The first kappa shape index (κ1) is 15.4. The van der Waals surface area contributed by atoms with E-state index in [1.165, 1.54) is 0 Å². The van der Waals surface area contributed by atoms with Crippen LogP contribution in [0.15, 0.2) is 22.7 Å². The maximum atomic E-state index is 11.1. The lowest BCUT2D eigenvalue weighted by Gasteiger charge is -2.32. The Morgan fingerprint density at radius 2 is 2.30 bits per heavy atom. The van der Waals surface area contributed by atoms with Crippen LogP contribution in [0.2, 0.25) is 0 Å². The average Bonchev–Trinajstić information content (AvgIpc) is 2.41. The largest absolute Gasteiger partial charge is 0.396 e. The molecule has 0 saturated carbocycles. The van der Waals surface area contributed by atoms with Gasteiger partial charge in [-0.3, -0.25) is 15.0 Å². The van der Waals surface area contributed by atoms with Crippen molar-refractivity contribution in [2.75, 3.05) is 19.7 Å². The highest BCUT2D eigenvalue weighted by molar-refractivity contribution is 9.10. The highest BCUT2D eigenvalue weighted by Crippen LogP contribution is 2.27. The summed E-state index contributed by atoms with van der Waals surface area (Å²) in [7, 11) is 0. The van der Waals surface area contributed by atoms with E-state index in [4.69, 9.17) is 5.11 Å². The summed E-state index contributed by atoms with van der Waals surface area (Å²) >= 11 is 3.27. The standard InChI is InChI=1S/C14H19BrN2O3/c15-13-4-3-12(14(8-13)17(19)20)10-16-6-1-2-11(9-16)5-7-18/h3-4,8,11,18H,1-2,5-7,9-10H2. The average molecular weight is 343 g/mol. The predicted octanol–water partition coefficient (Wildman–Crippen LogP) is 2.95. The van der Waals surface area contributed by atoms with Crippen molar-refractivity contribution >= 4 is 21.6 Å². The monoisotopic (exact) mass is 342 g/mol. The molecule has 0 aromatic heterocycles. The number of nitrogens with zero attached hydrogens (tertiary/aromatic N) is 2. The van der Waals surface area contributed by atoms with Crippen LogP contribution in [0.3, 0.4) is 0 Å². The minimum atomic E-state index is -0.324. The van der Waals surface area contributed by atoms with Gasteiger partial charge in [0.05, 0.1) is 4.92 Å². The molecular weight excluding hydrogens is 324 g/mol. The van der Waals surface area contributed by atoms with Crippen molar-refractivity contribution in [1.82, 2.24) is 4.90 Å². The van der Waals surface area contributed by atoms with Crippen LogP contribution in [-0.2, 0) is 6.54 Å². The minimum absolute atomic E-state index is 0.170. The van der Waals surface area contributed by atoms with Crippen molar-refractivity contribution in [3.05, 3.63) is 38.3 Å². The van der Waals surface area contributed by atoms with E-state index < -0.39 is 0 Å². The first-order valence-electron chi connectivity index (χ1n) is 6.86. The third kappa shape index (κ3) is 4.01. The number of piperidine rings is 1. The molecule has 0 amide bonds. The van der Waals surface area contributed by atoms with Crippen LogP contribution in [0, 0.1) is 16.0 Å². The highest BCUT2D eigenvalue weighted by Gasteiger charge is 2.22. The number of hydrogen-bond acceptors (Lipinski definition) is 4. The number of aliphatic hydroxyl groups is 1. The van der Waals surface area contributed by atoms with Crippen LogP contribution < -0.4 is 0 Å². The fourth-order valence-corrected chi connectivity index (χ4v) is 3.14. The van der Waals surface area contributed by atoms with Crippen LogP contribution >= 0.6 is 15.9 Å². The van der Waals surface area contributed by atoms with Crippen molar-refractivity contribution < 1.29 is 10.0 Å². The molecule has 5 nitrogen and oxygen atoms in total. The molecule has 0 radical (unpaired) electrons. The zero-order valence-corrected chi connectivity index (χ0v) is 12.9. The van der Waals surface area contributed by atoms with Gasteiger partial charge in [-0.1, -0.05) is 15.9 Å². The van der Waals surface area contributed by atoms with Gasteiger partial charge < -0.3 is 5.11 Å². The van der Waals surface area contributed by atoms with Gasteiger partial charge in [-0.25, -0.2) is 0 Å². The van der Waals surface area contributed by atoms with Gasteiger partial charge in [0.15, 0.2) is 0 Å². The summed E-state index contributed by atoms with van der Waals surface area (Å²) in [6.45, 7) is 2.70. The topological polar surface area (TPSA) is 66.6 Å². The zero-order valence-electron chi connectivity index (χ0n) is 11.3. The Labute approximate surface area is 126 Å². The van der Waals surface area contributed by atoms with E-state index in [1.807, 2.05) is 12.1 Å². The number of aliphatic hydroxyl groups excluding tert-OH is 1. The number of halogens is 1. The van der Waals surface area contributed by atoms with Crippen LogP contribution in [0.1, 0.15) is 24.8 Å². The van der Waals surface area contributed by atoms with Crippen LogP contribution in [-0.4, -0.2) is 34.6 Å². The molecule has 1 aromatic carbocycles. The molecule has 0 bridgehead atoms. The number of nitro benzene ring substituents is 1. The van der Waals surface area contributed by atoms with Gasteiger partial charge in [-0.15, -0.1) is 0 Å². The number of hydrogen-bond donors (Lipinski definition) is 1. The molecular formula is C14H19BrN2O3. The Morgan fingerprint density at radius 1 is 1.50 bits per heavy atom. The van der Waals surface area contributed by atoms with Crippen LogP contribution in [0.5, 0.6) is 0 Å².